The number of aromatic nitrogens is 2. The topological polar surface area (TPSA) is 55.9 Å². The van der Waals surface area contributed by atoms with E-state index in [1.165, 1.54) is 5.56 Å². The predicted octanol–water partition coefficient (Wildman–Crippen LogP) is 2.32. The van der Waals surface area contributed by atoms with Gasteiger partial charge in [-0.1, -0.05) is 28.1 Å². The molecule has 0 fully saturated rings. The lowest BCUT2D eigenvalue weighted by molar-refractivity contribution is 0.506. The van der Waals surface area contributed by atoms with Crippen molar-refractivity contribution >= 4 is 15.9 Å². The molecule has 1 aromatic heterocycles. The quantitative estimate of drug-likeness (QED) is 0.658. The summed E-state index contributed by atoms with van der Waals surface area (Å²) in [6.45, 7) is 0. The molecule has 0 aliphatic heterocycles. The summed E-state index contributed by atoms with van der Waals surface area (Å²) in [7, 11) is 2.01. The smallest absolute Gasteiger partial charge is 0.108 e. The molecule has 5 heteroatoms. The molecule has 0 amide bonds. The van der Waals surface area contributed by atoms with Gasteiger partial charge in [0.2, 0.25) is 0 Å². The molecule has 1 heterocycles. The van der Waals surface area contributed by atoms with Crippen LogP contribution in [0, 0.1) is 0 Å². The molecule has 18 heavy (non-hydrogen) atoms. The zero-order chi connectivity index (χ0) is 13.0. The van der Waals surface area contributed by atoms with Gasteiger partial charge in [-0.15, -0.1) is 0 Å². The molecule has 0 spiro atoms. The Kier molecular flexibility index (Phi) is 4.52. The minimum absolute atomic E-state index is 0.148. The van der Waals surface area contributed by atoms with Crippen molar-refractivity contribution in [2.75, 3.05) is 0 Å². The standard InChI is InChI=1S/C13H17BrN4/c1-18-9-8-16-13(18)7-6-12(17-15)10-2-4-11(14)5-3-10/h2-5,8-9,12,17H,6-7,15H2,1H3. The van der Waals surface area contributed by atoms with Crippen LogP contribution in [-0.4, -0.2) is 9.55 Å². The second kappa shape index (κ2) is 6.13. The summed E-state index contributed by atoms with van der Waals surface area (Å²) >= 11 is 3.43. The maximum Gasteiger partial charge on any atom is 0.108 e. The van der Waals surface area contributed by atoms with Gasteiger partial charge in [-0.25, -0.2) is 4.98 Å². The number of hydrogen-bond acceptors (Lipinski definition) is 3. The highest BCUT2D eigenvalue weighted by Crippen LogP contribution is 2.20. The van der Waals surface area contributed by atoms with Crippen LogP contribution in [0.2, 0.25) is 0 Å². The number of nitrogens with one attached hydrogen (secondary N) is 1. The summed E-state index contributed by atoms with van der Waals surface area (Å²) in [5.41, 5.74) is 4.06. The molecule has 2 rings (SSSR count). The highest BCUT2D eigenvalue weighted by Gasteiger charge is 2.11. The first-order valence-corrected chi connectivity index (χ1v) is 6.68. The molecule has 0 bridgehead atoms. The average molecular weight is 309 g/mol. The Bertz CT molecular complexity index is 492. The van der Waals surface area contributed by atoms with Gasteiger partial charge in [-0.2, -0.15) is 0 Å². The number of rotatable bonds is 5. The second-order valence-corrected chi connectivity index (χ2v) is 5.18. The van der Waals surface area contributed by atoms with E-state index in [9.17, 15) is 0 Å². The lowest BCUT2D eigenvalue weighted by Crippen LogP contribution is -2.28. The zero-order valence-electron chi connectivity index (χ0n) is 10.3. The lowest BCUT2D eigenvalue weighted by Gasteiger charge is -2.16. The van der Waals surface area contributed by atoms with Crippen molar-refractivity contribution in [1.29, 1.82) is 0 Å². The van der Waals surface area contributed by atoms with Crippen LogP contribution < -0.4 is 11.3 Å². The van der Waals surface area contributed by atoms with Gasteiger partial charge in [0.25, 0.3) is 0 Å². The molecule has 3 N–H and O–H groups in total. The van der Waals surface area contributed by atoms with Gasteiger partial charge >= 0.3 is 0 Å². The molecule has 4 nitrogen and oxygen atoms in total. The Morgan fingerprint density at radius 2 is 2.11 bits per heavy atom. The molecule has 0 saturated carbocycles. The van der Waals surface area contributed by atoms with E-state index in [0.29, 0.717) is 0 Å². The van der Waals surface area contributed by atoms with Crippen molar-refractivity contribution in [3.63, 3.8) is 0 Å². The van der Waals surface area contributed by atoms with Gasteiger partial charge in [0.15, 0.2) is 0 Å². The number of imidazole rings is 1. The molecule has 1 unspecified atom stereocenters. The molecule has 2 aromatic rings. The minimum atomic E-state index is 0.148. The van der Waals surface area contributed by atoms with E-state index < -0.39 is 0 Å². The number of hydrogen-bond donors (Lipinski definition) is 2. The molecular formula is C13H17BrN4. The van der Waals surface area contributed by atoms with Crippen LogP contribution in [0.1, 0.15) is 23.9 Å². The Labute approximate surface area is 115 Å². The second-order valence-electron chi connectivity index (χ2n) is 4.26. The molecule has 0 saturated heterocycles. The van der Waals surface area contributed by atoms with Gasteiger partial charge in [0, 0.05) is 36.4 Å². The van der Waals surface area contributed by atoms with E-state index in [1.807, 2.05) is 36.1 Å². The van der Waals surface area contributed by atoms with E-state index in [4.69, 9.17) is 5.84 Å². The van der Waals surface area contributed by atoms with Crippen LogP contribution in [0.15, 0.2) is 41.1 Å². The zero-order valence-corrected chi connectivity index (χ0v) is 11.9. The van der Waals surface area contributed by atoms with Gasteiger partial charge in [-0.3, -0.25) is 11.3 Å². The van der Waals surface area contributed by atoms with E-state index in [2.05, 4.69) is 38.5 Å². The average Bonchev–Trinajstić information content (AvgIpc) is 2.78. The number of nitrogens with zero attached hydrogens (tertiary/aromatic N) is 2. The fraction of sp³-hybridized carbons (Fsp3) is 0.308. The van der Waals surface area contributed by atoms with Crippen LogP contribution in [0.25, 0.3) is 0 Å². The molecular weight excluding hydrogens is 292 g/mol. The number of halogens is 1. The third-order valence-corrected chi connectivity index (χ3v) is 3.58. The first kappa shape index (κ1) is 13.3. The maximum absolute atomic E-state index is 5.63. The highest BCUT2D eigenvalue weighted by atomic mass is 79.9. The fourth-order valence-electron chi connectivity index (χ4n) is 1.95. The van der Waals surface area contributed by atoms with Crippen molar-refractivity contribution in [2.24, 2.45) is 12.9 Å². The third kappa shape index (κ3) is 3.19. The van der Waals surface area contributed by atoms with Crippen LogP contribution >= 0.6 is 15.9 Å². The number of nitrogens with two attached hydrogens (primary N) is 1. The minimum Gasteiger partial charge on any atom is -0.338 e. The molecule has 0 radical (unpaired) electrons. The van der Waals surface area contributed by atoms with Crippen molar-refractivity contribution in [3.05, 3.63) is 52.5 Å². The number of aryl methyl sites for hydroxylation is 2. The third-order valence-electron chi connectivity index (χ3n) is 3.05. The lowest BCUT2D eigenvalue weighted by atomic mass is 10.0. The Morgan fingerprint density at radius 1 is 1.39 bits per heavy atom. The van der Waals surface area contributed by atoms with Crippen LogP contribution in [0.4, 0.5) is 0 Å². The number of benzene rings is 1. The van der Waals surface area contributed by atoms with Crippen molar-refractivity contribution < 1.29 is 0 Å². The Balaban J connectivity index is 2.01. The van der Waals surface area contributed by atoms with Crippen molar-refractivity contribution in [1.82, 2.24) is 15.0 Å². The highest BCUT2D eigenvalue weighted by molar-refractivity contribution is 9.10. The number of hydrazine groups is 1. The van der Waals surface area contributed by atoms with Crippen molar-refractivity contribution in [3.8, 4) is 0 Å². The summed E-state index contributed by atoms with van der Waals surface area (Å²) in [6, 6.07) is 8.36. The normalized spacial score (nSPS) is 12.6. The summed E-state index contributed by atoms with van der Waals surface area (Å²) in [4.78, 5) is 4.32. The largest absolute Gasteiger partial charge is 0.338 e. The van der Waals surface area contributed by atoms with Crippen LogP contribution in [-0.2, 0) is 13.5 Å². The van der Waals surface area contributed by atoms with Gasteiger partial charge < -0.3 is 4.57 Å². The first-order chi connectivity index (χ1) is 8.70. The van der Waals surface area contributed by atoms with Crippen molar-refractivity contribution in [2.45, 2.75) is 18.9 Å². The summed E-state index contributed by atoms with van der Waals surface area (Å²) in [6.07, 6.45) is 5.59. The monoisotopic (exact) mass is 308 g/mol. The van der Waals surface area contributed by atoms with Gasteiger partial charge in [-0.05, 0) is 24.1 Å². The summed E-state index contributed by atoms with van der Waals surface area (Å²) in [5, 5.41) is 0. The van der Waals surface area contributed by atoms with Gasteiger partial charge in [0.1, 0.15) is 5.82 Å². The molecule has 1 atom stereocenters. The molecule has 96 valence electrons. The maximum atomic E-state index is 5.63. The van der Waals surface area contributed by atoms with E-state index in [1.54, 1.807) is 0 Å². The molecule has 1 aromatic carbocycles. The summed E-state index contributed by atoms with van der Waals surface area (Å²) < 4.78 is 3.11. The van der Waals surface area contributed by atoms with E-state index >= 15 is 0 Å². The molecule has 0 aliphatic rings. The fourth-order valence-corrected chi connectivity index (χ4v) is 2.22. The van der Waals surface area contributed by atoms with E-state index in [0.717, 1.165) is 23.1 Å². The van der Waals surface area contributed by atoms with Crippen LogP contribution in [0.3, 0.4) is 0 Å². The predicted molar refractivity (Wildman–Crippen MR) is 75.7 cm³/mol. The Hall–Kier alpha value is -1.17. The van der Waals surface area contributed by atoms with Gasteiger partial charge in [0.05, 0.1) is 0 Å². The summed E-state index contributed by atoms with van der Waals surface area (Å²) in [5.74, 6) is 6.71. The first-order valence-electron chi connectivity index (χ1n) is 5.88. The van der Waals surface area contributed by atoms with Crippen LogP contribution in [0.5, 0.6) is 0 Å². The van der Waals surface area contributed by atoms with E-state index in [-0.39, 0.29) is 6.04 Å². The Morgan fingerprint density at radius 3 is 2.67 bits per heavy atom. The molecule has 0 aliphatic carbocycles. The SMILES string of the molecule is Cn1ccnc1CCC(NN)c1ccc(Br)cc1.